The molecule has 0 aromatic rings. The van der Waals surface area contributed by atoms with E-state index in [0.717, 1.165) is 89.9 Å². The molecular formula is C89H160NO8P. The molecule has 0 aliphatic rings. The molecule has 574 valence electrons. The molecule has 9 nitrogen and oxygen atoms in total. The normalized spacial score (nSPS) is 13.4. The lowest BCUT2D eigenvalue weighted by Gasteiger charge is -2.19. The highest BCUT2D eigenvalue weighted by Gasteiger charge is 2.26. The van der Waals surface area contributed by atoms with Crippen molar-refractivity contribution in [3.63, 3.8) is 0 Å². The van der Waals surface area contributed by atoms with Crippen molar-refractivity contribution in [3.8, 4) is 0 Å². The Morgan fingerprint density at radius 2 is 0.525 bits per heavy atom. The Morgan fingerprint density at radius 1 is 0.303 bits per heavy atom. The van der Waals surface area contributed by atoms with Crippen LogP contribution in [0.2, 0.25) is 0 Å². The Hall–Kier alpha value is -3.33. The molecule has 0 aliphatic heterocycles. The highest BCUT2D eigenvalue weighted by atomic mass is 31.2. The predicted molar refractivity (Wildman–Crippen MR) is 431 cm³/mol. The molecule has 0 heterocycles. The van der Waals surface area contributed by atoms with Crippen LogP contribution in [0.3, 0.4) is 0 Å². The van der Waals surface area contributed by atoms with E-state index in [1.165, 1.54) is 289 Å². The maximum Gasteiger partial charge on any atom is 0.472 e. The van der Waals surface area contributed by atoms with Crippen LogP contribution in [0.5, 0.6) is 0 Å². The summed E-state index contributed by atoms with van der Waals surface area (Å²) in [6.07, 6.45) is 117. The molecule has 0 aromatic heterocycles. The van der Waals surface area contributed by atoms with Crippen molar-refractivity contribution >= 4 is 19.8 Å². The Balaban J connectivity index is 3.73. The van der Waals surface area contributed by atoms with Crippen LogP contribution < -0.4 is 5.73 Å². The highest BCUT2D eigenvalue weighted by molar-refractivity contribution is 7.47. The van der Waals surface area contributed by atoms with Gasteiger partial charge in [-0.25, -0.2) is 4.57 Å². The molecule has 2 atom stereocenters. The lowest BCUT2D eigenvalue weighted by atomic mass is 10.0. The number of carbonyl (C=O) groups excluding carboxylic acids is 2. The molecule has 0 aromatic carbocycles. The predicted octanol–water partition coefficient (Wildman–Crippen LogP) is 28.8. The van der Waals surface area contributed by atoms with E-state index in [-0.39, 0.29) is 38.6 Å². The van der Waals surface area contributed by atoms with Gasteiger partial charge in [0.05, 0.1) is 13.2 Å². The van der Waals surface area contributed by atoms with Gasteiger partial charge in [-0.15, -0.1) is 0 Å². The van der Waals surface area contributed by atoms with E-state index < -0.39 is 26.5 Å². The van der Waals surface area contributed by atoms with E-state index >= 15 is 0 Å². The summed E-state index contributed by atoms with van der Waals surface area (Å²) in [6, 6.07) is 0. The second-order valence-electron chi connectivity index (χ2n) is 28.3. The fourth-order valence-corrected chi connectivity index (χ4v) is 13.3. The largest absolute Gasteiger partial charge is 0.472 e. The summed E-state index contributed by atoms with van der Waals surface area (Å²) in [4.78, 5) is 35.5. The van der Waals surface area contributed by atoms with Crippen LogP contribution in [-0.4, -0.2) is 49.3 Å². The highest BCUT2D eigenvalue weighted by Crippen LogP contribution is 2.43. The molecule has 0 rings (SSSR count). The molecule has 99 heavy (non-hydrogen) atoms. The topological polar surface area (TPSA) is 134 Å². The number of esters is 2. The maximum absolute atomic E-state index is 12.8. The van der Waals surface area contributed by atoms with Gasteiger partial charge in [0, 0.05) is 19.4 Å². The average Bonchev–Trinajstić information content (AvgIpc) is 1.64. The lowest BCUT2D eigenvalue weighted by molar-refractivity contribution is -0.161. The third-order valence-corrected chi connectivity index (χ3v) is 19.6. The van der Waals surface area contributed by atoms with Gasteiger partial charge < -0.3 is 20.1 Å². The number of hydrogen-bond acceptors (Lipinski definition) is 8. The van der Waals surface area contributed by atoms with E-state index in [1.54, 1.807) is 0 Å². The van der Waals surface area contributed by atoms with E-state index in [0.29, 0.717) is 6.42 Å². The molecule has 0 bridgehead atoms. The summed E-state index contributed by atoms with van der Waals surface area (Å²) in [5.41, 5.74) is 5.42. The first-order valence-electron chi connectivity index (χ1n) is 42.4. The number of hydrogen-bond donors (Lipinski definition) is 2. The van der Waals surface area contributed by atoms with Gasteiger partial charge in [-0.05, 0) is 96.3 Å². The second kappa shape index (κ2) is 83.6. The first kappa shape index (κ1) is 95.7. The molecule has 2 unspecified atom stereocenters. The van der Waals surface area contributed by atoms with E-state index in [1.807, 2.05) is 0 Å². The fraction of sp³-hybridized carbons (Fsp3) is 0.775. The molecule has 0 saturated carbocycles. The monoisotopic (exact) mass is 1400 g/mol. The summed E-state index contributed by atoms with van der Waals surface area (Å²) < 4.78 is 33.3. The number of unbranched alkanes of at least 4 members (excludes halogenated alkanes) is 49. The molecule has 0 radical (unpaired) electrons. The van der Waals surface area contributed by atoms with Crippen molar-refractivity contribution in [1.29, 1.82) is 0 Å². The standard InChI is InChI=1S/C89H160NO8P/c1-3-5-7-9-11-13-15-17-19-21-23-25-27-29-31-33-35-37-39-41-42-43-44-46-47-49-51-53-55-57-59-61-63-65-67-69-71-73-75-77-79-81-88(91)95-85-87(86-97-99(93,94)96-84-83-90)98-89(92)82-80-78-76-74-72-70-68-66-64-62-60-58-56-54-52-50-48-45-40-38-36-34-32-30-28-26-24-22-20-18-16-14-12-10-8-6-4-2/h5-8,11-14,17-20,23-26,30,32,87H,3-4,9-10,15-16,21-22,27-29,31,33-86,90H2,1-2H3,(H,93,94)/b7-5-,8-6-,13-11-,14-12-,19-17-,20-18-,25-23-,26-24-,32-30-. The zero-order chi connectivity index (χ0) is 71.5. The number of ether oxygens (including phenoxy) is 2. The Bertz CT molecular complexity index is 2000. The van der Waals surface area contributed by atoms with Gasteiger partial charge in [0.1, 0.15) is 6.61 Å². The summed E-state index contributed by atoms with van der Waals surface area (Å²) in [5, 5.41) is 0. The van der Waals surface area contributed by atoms with Gasteiger partial charge in [-0.2, -0.15) is 0 Å². The molecule has 0 saturated heterocycles. The van der Waals surface area contributed by atoms with E-state index in [2.05, 4.69) is 123 Å². The number of phosphoric acid groups is 1. The van der Waals surface area contributed by atoms with Crippen LogP contribution in [0.25, 0.3) is 0 Å². The lowest BCUT2D eigenvalue weighted by Crippen LogP contribution is -2.29. The Labute approximate surface area is 613 Å². The van der Waals surface area contributed by atoms with Crippen LogP contribution in [-0.2, 0) is 32.7 Å². The zero-order valence-electron chi connectivity index (χ0n) is 65.0. The average molecular weight is 1400 g/mol. The third-order valence-electron chi connectivity index (χ3n) is 18.7. The van der Waals surface area contributed by atoms with Crippen molar-refractivity contribution in [3.05, 3.63) is 109 Å². The number of phosphoric ester groups is 1. The third kappa shape index (κ3) is 83.5. The van der Waals surface area contributed by atoms with Crippen molar-refractivity contribution in [2.75, 3.05) is 26.4 Å². The van der Waals surface area contributed by atoms with Crippen molar-refractivity contribution < 1.29 is 37.6 Å². The molecule has 10 heteroatoms. The second-order valence-corrected chi connectivity index (χ2v) is 29.7. The van der Waals surface area contributed by atoms with Gasteiger partial charge in [-0.3, -0.25) is 18.6 Å². The van der Waals surface area contributed by atoms with Crippen LogP contribution in [0.15, 0.2) is 109 Å². The number of allylic oxidation sites excluding steroid dienone is 18. The van der Waals surface area contributed by atoms with Crippen LogP contribution in [0.1, 0.15) is 412 Å². The van der Waals surface area contributed by atoms with Crippen molar-refractivity contribution in [1.82, 2.24) is 0 Å². The maximum atomic E-state index is 12.8. The number of carbonyl (C=O) groups is 2. The summed E-state index contributed by atoms with van der Waals surface area (Å²) in [5.74, 6) is -0.806. The van der Waals surface area contributed by atoms with Gasteiger partial charge in [0.2, 0.25) is 0 Å². The van der Waals surface area contributed by atoms with Gasteiger partial charge in [0.15, 0.2) is 6.10 Å². The van der Waals surface area contributed by atoms with E-state index in [9.17, 15) is 19.0 Å². The Morgan fingerprint density at radius 3 is 0.778 bits per heavy atom. The molecule has 3 N–H and O–H groups in total. The number of nitrogens with two attached hydrogens (primary N) is 1. The van der Waals surface area contributed by atoms with Crippen molar-refractivity contribution in [2.24, 2.45) is 5.73 Å². The van der Waals surface area contributed by atoms with Crippen LogP contribution in [0.4, 0.5) is 0 Å². The first-order chi connectivity index (χ1) is 48.8. The molecule has 0 aliphatic carbocycles. The first-order valence-corrected chi connectivity index (χ1v) is 43.9. The summed E-state index contributed by atoms with van der Waals surface area (Å²) in [6.45, 7) is 3.58. The fourth-order valence-electron chi connectivity index (χ4n) is 12.5. The van der Waals surface area contributed by atoms with Crippen LogP contribution in [0, 0.1) is 0 Å². The SMILES string of the molecule is CC/C=C\C/C=C\C/C=C\C/C=C\C/C=C\CCCCCCCCCCCCCCCCCCCCCCCC(=O)OC(COC(=O)CCCCCCCCCCCCCCCCCCCCCCCCCCCCCC/C=C\C/C=C\C/C=C\C/C=C\CC)COP(=O)(O)OCCN. The summed E-state index contributed by atoms with van der Waals surface area (Å²) in [7, 11) is -4.40. The summed E-state index contributed by atoms with van der Waals surface area (Å²) >= 11 is 0. The zero-order valence-corrected chi connectivity index (χ0v) is 65.9. The number of rotatable bonds is 80. The van der Waals surface area contributed by atoms with Gasteiger partial charge in [0.25, 0.3) is 0 Å². The van der Waals surface area contributed by atoms with Crippen molar-refractivity contribution in [2.45, 2.75) is 418 Å². The van der Waals surface area contributed by atoms with Crippen LogP contribution >= 0.6 is 7.82 Å². The minimum Gasteiger partial charge on any atom is -0.462 e. The Kier molecular flexibility index (Phi) is 80.8. The van der Waals surface area contributed by atoms with Gasteiger partial charge >= 0.3 is 19.8 Å². The molecule has 0 spiro atoms. The smallest absolute Gasteiger partial charge is 0.462 e. The van der Waals surface area contributed by atoms with E-state index in [4.69, 9.17) is 24.3 Å². The quantitative estimate of drug-likeness (QED) is 0.0264. The van der Waals surface area contributed by atoms with Gasteiger partial charge in [-0.1, -0.05) is 412 Å². The molecular weight excluding hydrogens is 1240 g/mol. The minimum absolute atomic E-state index is 0.0538. The minimum atomic E-state index is -4.40. The molecule has 0 fully saturated rings. The molecule has 0 amide bonds.